The van der Waals surface area contributed by atoms with Crippen molar-refractivity contribution in [3.8, 4) is 12.3 Å². The summed E-state index contributed by atoms with van der Waals surface area (Å²) in [4.78, 5) is 13.0. The summed E-state index contributed by atoms with van der Waals surface area (Å²) >= 11 is 0. The van der Waals surface area contributed by atoms with Gasteiger partial charge in [-0.3, -0.25) is 9.69 Å². The van der Waals surface area contributed by atoms with Gasteiger partial charge in [0.25, 0.3) is 0 Å². The van der Waals surface area contributed by atoms with Gasteiger partial charge in [0.2, 0.25) is 5.91 Å². The number of terminal acetylenes is 1. The fraction of sp³-hybridized carbons (Fsp3) is 0.357. The smallest absolute Gasteiger partial charge is 0.231 e. The molecule has 0 saturated heterocycles. The van der Waals surface area contributed by atoms with Crippen LogP contribution in [0.15, 0.2) is 24.3 Å². The van der Waals surface area contributed by atoms with Crippen molar-refractivity contribution in [1.29, 1.82) is 0 Å². The second kappa shape index (κ2) is 5.03. The van der Waals surface area contributed by atoms with Crippen LogP contribution in [0.2, 0.25) is 0 Å². The van der Waals surface area contributed by atoms with Crippen molar-refractivity contribution < 1.29 is 4.79 Å². The molecule has 0 saturated carbocycles. The van der Waals surface area contributed by atoms with E-state index in [1.807, 2.05) is 17.0 Å². The van der Waals surface area contributed by atoms with Gasteiger partial charge in [0, 0.05) is 6.04 Å². The first-order valence-electron chi connectivity index (χ1n) is 5.76. The number of primary amides is 1. The number of amides is 1. The van der Waals surface area contributed by atoms with E-state index in [-0.39, 0.29) is 18.5 Å². The number of carbonyl (C=O) groups excluding carboxylic acids is 1. The van der Waals surface area contributed by atoms with Crippen LogP contribution in [-0.4, -0.2) is 23.9 Å². The van der Waals surface area contributed by atoms with Gasteiger partial charge in [0.1, 0.15) is 0 Å². The summed E-state index contributed by atoms with van der Waals surface area (Å²) in [6.07, 6.45) is 7.40. The van der Waals surface area contributed by atoms with Crippen LogP contribution >= 0.6 is 0 Å². The lowest BCUT2D eigenvalue weighted by Gasteiger charge is -2.26. The Morgan fingerprint density at radius 2 is 2.29 bits per heavy atom. The predicted octanol–water partition coefficient (Wildman–Crippen LogP) is 1.09. The zero-order chi connectivity index (χ0) is 12.3. The molecule has 1 aliphatic rings. The SMILES string of the molecule is C#CCN(CC(N)=O)[C@H]1CCc2ccccc21. The Labute approximate surface area is 102 Å². The average Bonchev–Trinajstić information content (AvgIpc) is 2.71. The predicted molar refractivity (Wildman–Crippen MR) is 67.1 cm³/mol. The van der Waals surface area contributed by atoms with Gasteiger partial charge in [-0.2, -0.15) is 0 Å². The standard InChI is InChI=1S/C14H16N2O/c1-2-9-16(10-14(15)17)13-8-7-11-5-3-4-6-12(11)13/h1,3-6,13H,7-10H2,(H2,15,17)/t13-/m0/s1. The molecule has 1 atom stereocenters. The van der Waals surface area contributed by atoms with E-state index in [0.29, 0.717) is 6.54 Å². The largest absolute Gasteiger partial charge is 0.369 e. The van der Waals surface area contributed by atoms with E-state index in [1.54, 1.807) is 0 Å². The van der Waals surface area contributed by atoms with Crippen molar-refractivity contribution in [2.24, 2.45) is 5.73 Å². The second-order valence-corrected chi connectivity index (χ2v) is 4.33. The molecule has 1 amide bonds. The van der Waals surface area contributed by atoms with Crippen LogP contribution in [0.25, 0.3) is 0 Å². The molecule has 88 valence electrons. The number of hydrogen-bond acceptors (Lipinski definition) is 2. The quantitative estimate of drug-likeness (QED) is 0.784. The molecule has 0 fully saturated rings. The number of fused-ring (bicyclic) bond motifs is 1. The molecule has 0 spiro atoms. The molecule has 1 aliphatic carbocycles. The molecular formula is C14H16N2O. The third-order valence-corrected chi connectivity index (χ3v) is 3.20. The van der Waals surface area contributed by atoms with Crippen LogP contribution < -0.4 is 5.73 Å². The molecule has 0 aromatic heterocycles. The van der Waals surface area contributed by atoms with Gasteiger partial charge >= 0.3 is 0 Å². The van der Waals surface area contributed by atoms with Gasteiger partial charge in [0.05, 0.1) is 13.1 Å². The molecule has 17 heavy (non-hydrogen) atoms. The summed E-state index contributed by atoms with van der Waals surface area (Å²) in [5.74, 6) is 2.27. The molecular weight excluding hydrogens is 212 g/mol. The van der Waals surface area contributed by atoms with E-state index in [2.05, 4.69) is 18.1 Å². The highest BCUT2D eigenvalue weighted by Gasteiger charge is 2.27. The molecule has 0 aliphatic heterocycles. The maximum Gasteiger partial charge on any atom is 0.231 e. The van der Waals surface area contributed by atoms with Gasteiger partial charge in [-0.15, -0.1) is 6.42 Å². The normalized spacial score (nSPS) is 17.8. The van der Waals surface area contributed by atoms with E-state index >= 15 is 0 Å². The van der Waals surface area contributed by atoms with E-state index in [1.165, 1.54) is 11.1 Å². The minimum atomic E-state index is -0.329. The van der Waals surface area contributed by atoms with Crippen molar-refractivity contribution in [2.45, 2.75) is 18.9 Å². The zero-order valence-electron chi connectivity index (χ0n) is 9.73. The van der Waals surface area contributed by atoms with Gasteiger partial charge in [-0.25, -0.2) is 0 Å². The highest BCUT2D eigenvalue weighted by molar-refractivity contribution is 5.76. The molecule has 2 rings (SSSR count). The lowest BCUT2D eigenvalue weighted by Crippen LogP contribution is -2.36. The molecule has 0 heterocycles. The number of aryl methyl sites for hydroxylation is 1. The third kappa shape index (κ3) is 2.48. The number of carbonyl (C=O) groups is 1. The van der Waals surface area contributed by atoms with Crippen LogP contribution in [0.3, 0.4) is 0 Å². The topological polar surface area (TPSA) is 46.3 Å². The Bertz CT molecular complexity index is 462. The first kappa shape index (κ1) is 11.7. The molecule has 1 aromatic carbocycles. The Morgan fingerprint density at radius 1 is 1.53 bits per heavy atom. The summed E-state index contributed by atoms with van der Waals surface area (Å²) in [6, 6.07) is 8.54. The van der Waals surface area contributed by atoms with Crippen LogP contribution in [0.1, 0.15) is 23.6 Å². The van der Waals surface area contributed by atoms with Crippen LogP contribution in [0, 0.1) is 12.3 Å². The van der Waals surface area contributed by atoms with E-state index in [4.69, 9.17) is 12.2 Å². The molecule has 2 N–H and O–H groups in total. The highest BCUT2D eigenvalue weighted by Crippen LogP contribution is 2.35. The minimum Gasteiger partial charge on any atom is -0.369 e. The van der Waals surface area contributed by atoms with Crippen molar-refractivity contribution in [3.63, 3.8) is 0 Å². The monoisotopic (exact) mass is 228 g/mol. The number of benzene rings is 1. The maximum absolute atomic E-state index is 11.1. The van der Waals surface area contributed by atoms with Gasteiger partial charge in [-0.1, -0.05) is 30.2 Å². The van der Waals surface area contributed by atoms with Crippen molar-refractivity contribution in [3.05, 3.63) is 35.4 Å². The average molecular weight is 228 g/mol. The Morgan fingerprint density at radius 3 is 3.00 bits per heavy atom. The Hall–Kier alpha value is -1.79. The number of nitrogens with zero attached hydrogens (tertiary/aromatic N) is 1. The lowest BCUT2D eigenvalue weighted by molar-refractivity contribution is -0.119. The van der Waals surface area contributed by atoms with Crippen LogP contribution in [0.5, 0.6) is 0 Å². The fourth-order valence-corrected chi connectivity index (χ4v) is 2.51. The van der Waals surface area contributed by atoms with E-state index in [9.17, 15) is 4.79 Å². The molecule has 0 bridgehead atoms. The number of hydrogen-bond donors (Lipinski definition) is 1. The van der Waals surface area contributed by atoms with E-state index in [0.717, 1.165) is 12.8 Å². The first-order chi connectivity index (χ1) is 8.22. The van der Waals surface area contributed by atoms with E-state index < -0.39 is 0 Å². The molecule has 1 aromatic rings. The highest BCUT2D eigenvalue weighted by atomic mass is 16.1. The summed E-state index contributed by atoms with van der Waals surface area (Å²) in [5, 5.41) is 0. The van der Waals surface area contributed by atoms with Gasteiger partial charge < -0.3 is 5.73 Å². The van der Waals surface area contributed by atoms with Crippen molar-refractivity contribution >= 4 is 5.91 Å². The van der Waals surface area contributed by atoms with Gasteiger partial charge in [-0.05, 0) is 24.0 Å². The summed E-state index contributed by atoms with van der Waals surface area (Å²) < 4.78 is 0. The van der Waals surface area contributed by atoms with Crippen molar-refractivity contribution in [1.82, 2.24) is 4.90 Å². The van der Waals surface area contributed by atoms with Crippen LogP contribution in [0.4, 0.5) is 0 Å². The third-order valence-electron chi connectivity index (χ3n) is 3.20. The summed E-state index contributed by atoms with van der Waals surface area (Å²) in [7, 11) is 0. The summed E-state index contributed by atoms with van der Waals surface area (Å²) in [5.41, 5.74) is 7.89. The minimum absolute atomic E-state index is 0.225. The second-order valence-electron chi connectivity index (χ2n) is 4.33. The Balaban J connectivity index is 2.21. The maximum atomic E-state index is 11.1. The molecule has 3 nitrogen and oxygen atoms in total. The van der Waals surface area contributed by atoms with Crippen molar-refractivity contribution in [2.75, 3.05) is 13.1 Å². The van der Waals surface area contributed by atoms with Crippen LogP contribution in [-0.2, 0) is 11.2 Å². The van der Waals surface area contributed by atoms with Gasteiger partial charge in [0.15, 0.2) is 0 Å². The molecule has 0 radical (unpaired) electrons. The Kier molecular flexibility index (Phi) is 3.46. The molecule has 3 heteroatoms. The summed E-state index contributed by atoms with van der Waals surface area (Å²) in [6.45, 7) is 0.686. The fourth-order valence-electron chi connectivity index (χ4n) is 2.51. The number of rotatable bonds is 4. The first-order valence-corrected chi connectivity index (χ1v) is 5.76. The lowest BCUT2D eigenvalue weighted by atomic mass is 10.1. The zero-order valence-corrected chi connectivity index (χ0v) is 9.73. The number of nitrogens with two attached hydrogens (primary N) is 1. The molecule has 0 unspecified atom stereocenters.